The van der Waals surface area contributed by atoms with Crippen LogP contribution in [0, 0.1) is 0 Å². The number of para-hydroxylation sites is 1. The van der Waals surface area contributed by atoms with Crippen molar-refractivity contribution in [3.05, 3.63) is 77.3 Å². The zero-order valence-electron chi connectivity index (χ0n) is 19.0. The van der Waals surface area contributed by atoms with Crippen LogP contribution in [-0.2, 0) is 9.53 Å². The first-order valence-electron chi connectivity index (χ1n) is 11.4. The van der Waals surface area contributed by atoms with E-state index < -0.39 is 23.5 Å². The number of ketones is 1. The molecule has 1 fully saturated rings. The number of rotatable bonds is 7. The van der Waals surface area contributed by atoms with E-state index in [1.165, 1.54) is 4.90 Å². The van der Waals surface area contributed by atoms with Crippen LogP contribution in [0.25, 0.3) is 11.0 Å². The topological polar surface area (TPSA) is 93.7 Å². The number of furan rings is 1. The summed E-state index contributed by atoms with van der Waals surface area (Å²) in [6, 6.07) is 15.4. The molecule has 1 amide bonds. The van der Waals surface area contributed by atoms with Crippen LogP contribution in [0.2, 0.25) is 0 Å². The van der Waals surface area contributed by atoms with Gasteiger partial charge in [-0.2, -0.15) is 0 Å². The number of ether oxygens (including phenoxy) is 2. The number of amides is 1. The number of aliphatic hydroxyl groups is 1. The molecule has 3 aromatic rings. The molecule has 2 aliphatic heterocycles. The summed E-state index contributed by atoms with van der Waals surface area (Å²) in [6.07, 6.45) is 0. The maximum Gasteiger partial charge on any atom is 0.290 e. The molecule has 0 aliphatic carbocycles. The van der Waals surface area contributed by atoms with E-state index in [4.69, 9.17) is 13.9 Å². The second kappa shape index (κ2) is 9.32. The van der Waals surface area contributed by atoms with Crippen LogP contribution in [0.5, 0.6) is 5.75 Å². The highest BCUT2D eigenvalue weighted by molar-refractivity contribution is 6.16. The van der Waals surface area contributed by atoms with Crippen molar-refractivity contribution >= 4 is 22.7 Å². The van der Waals surface area contributed by atoms with Crippen molar-refractivity contribution in [3.63, 3.8) is 0 Å². The summed E-state index contributed by atoms with van der Waals surface area (Å²) >= 11 is 0. The van der Waals surface area contributed by atoms with Crippen LogP contribution in [0.1, 0.15) is 22.2 Å². The molecule has 2 aliphatic rings. The van der Waals surface area contributed by atoms with Gasteiger partial charge in [0.05, 0.1) is 45.0 Å². The van der Waals surface area contributed by atoms with Gasteiger partial charge in [-0.1, -0.05) is 30.3 Å². The molecule has 1 aromatic heterocycles. The highest BCUT2D eigenvalue weighted by atomic mass is 16.5. The lowest BCUT2D eigenvalue weighted by atomic mass is 9.95. The van der Waals surface area contributed by atoms with Crippen molar-refractivity contribution < 1.29 is 33.5 Å². The number of benzene rings is 2. The van der Waals surface area contributed by atoms with E-state index in [9.17, 15) is 14.7 Å². The van der Waals surface area contributed by atoms with Gasteiger partial charge in [0.15, 0.2) is 11.5 Å². The molecule has 8 heteroatoms. The first-order valence-corrected chi connectivity index (χ1v) is 11.4. The van der Waals surface area contributed by atoms with Gasteiger partial charge >= 0.3 is 0 Å². The fourth-order valence-electron chi connectivity index (χ4n) is 4.69. The van der Waals surface area contributed by atoms with Crippen molar-refractivity contribution in [2.45, 2.75) is 6.04 Å². The predicted molar refractivity (Wildman–Crippen MR) is 124 cm³/mol. The Morgan fingerprint density at radius 1 is 1.15 bits per heavy atom. The number of Topliss-reactive ketones (excluding diaryl/α,β-unsaturated/α-hetero) is 1. The Balaban J connectivity index is 1.52. The number of hydrogen-bond acceptors (Lipinski definition) is 6. The van der Waals surface area contributed by atoms with Gasteiger partial charge in [-0.05, 0) is 29.8 Å². The van der Waals surface area contributed by atoms with E-state index in [2.05, 4.69) is 0 Å². The molecule has 0 spiro atoms. The van der Waals surface area contributed by atoms with Gasteiger partial charge in [0.25, 0.3) is 5.91 Å². The molecule has 3 heterocycles. The maximum atomic E-state index is 13.6. The second-order valence-electron chi connectivity index (χ2n) is 8.53. The molecule has 34 heavy (non-hydrogen) atoms. The number of quaternary nitrogens is 1. The Morgan fingerprint density at radius 2 is 1.94 bits per heavy atom. The van der Waals surface area contributed by atoms with Gasteiger partial charge in [0.1, 0.15) is 24.4 Å². The van der Waals surface area contributed by atoms with Crippen LogP contribution in [0.15, 0.2) is 70.3 Å². The summed E-state index contributed by atoms with van der Waals surface area (Å²) in [5.74, 6) is -0.902. The van der Waals surface area contributed by atoms with Crippen molar-refractivity contribution in [2.24, 2.45) is 0 Å². The third-order valence-electron chi connectivity index (χ3n) is 6.51. The highest BCUT2D eigenvalue weighted by Crippen LogP contribution is 2.40. The van der Waals surface area contributed by atoms with E-state index in [-0.39, 0.29) is 11.3 Å². The Bertz CT molecular complexity index is 1220. The molecule has 5 rings (SSSR count). The maximum absolute atomic E-state index is 13.6. The average molecular weight is 464 g/mol. The van der Waals surface area contributed by atoms with Gasteiger partial charge in [-0.25, -0.2) is 0 Å². The van der Waals surface area contributed by atoms with Crippen molar-refractivity contribution in [1.29, 1.82) is 0 Å². The minimum Gasteiger partial charge on any atom is -0.503 e. The van der Waals surface area contributed by atoms with Crippen molar-refractivity contribution in [2.75, 3.05) is 46.5 Å². The molecule has 2 N–H and O–H groups in total. The number of aliphatic hydroxyl groups excluding tert-OH is 1. The molecule has 0 saturated carbocycles. The smallest absolute Gasteiger partial charge is 0.290 e. The summed E-state index contributed by atoms with van der Waals surface area (Å²) in [7, 11) is 1.56. The van der Waals surface area contributed by atoms with Crippen molar-refractivity contribution in [3.8, 4) is 5.75 Å². The van der Waals surface area contributed by atoms with Gasteiger partial charge in [-0.15, -0.1) is 0 Å². The summed E-state index contributed by atoms with van der Waals surface area (Å²) in [5, 5.41) is 11.7. The van der Waals surface area contributed by atoms with Gasteiger partial charge < -0.3 is 28.8 Å². The standard InChI is InChI=1S/C26H26N2O6/c1-32-19-7-4-6-18(15-19)23-22(24(29)21-16-17-5-2-3-8-20(17)34-21)25(30)26(31)28(23)10-9-27-11-13-33-14-12-27/h2-8,15-16,23,30H,9-14H2,1H3/p+1/t23-/m0/s1. The molecule has 0 bridgehead atoms. The zero-order valence-corrected chi connectivity index (χ0v) is 19.0. The molecule has 1 saturated heterocycles. The van der Waals surface area contributed by atoms with Crippen molar-refractivity contribution in [1.82, 2.24) is 4.90 Å². The number of fused-ring (bicyclic) bond motifs is 1. The summed E-state index contributed by atoms with van der Waals surface area (Å²) in [5.41, 5.74) is 1.28. The third-order valence-corrected chi connectivity index (χ3v) is 6.51. The largest absolute Gasteiger partial charge is 0.503 e. The fourth-order valence-corrected chi connectivity index (χ4v) is 4.69. The number of carbonyl (C=O) groups excluding carboxylic acids is 2. The molecule has 176 valence electrons. The van der Waals surface area contributed by atoms with E-state index in [1.54, 1.807) is 36.3 Å². The number of hydrogen-bond donors (Lipinski definition) is 2. The molecule has 0 unspecified atom stereocenters. The lowest BCUT2D eigenvalue weighted by Gasteiger charge is -2.30. The summed E-state index contributed by atoms with van der Waals surface area (Å²) in [6.45, 7) is 4.15. The van der Waals surface area contributed by atoms with E-state index in [0.717, 1.165) is 18.5 Å². The van der Waals surface area contributed by atoms with E-state index >= 15 is 0 Å². The molecular formula is C26H27N2O6+. The minimum absolute atomic E-state index is 0.0225. The SMILES string of the molecule is COc1cccc([C@H]2C(C(=O)c3cc4ccccc4o3)=C(O)C(=O)N2CC[NH+]2CCOCC2)c1. The monoisotopic (exact) mass is 463 g/mol. The number of methoxy groups -OCH3 is 1. The zero-order chi connectivity index (χ0) is 23.7. The molecular weight excluding hydrogens is 436 g/mol. The number of nitrogens with zero attached hydrogens (tertiary/aromatic N) is 1. The Kier molecular flexibility index (Phi) is 6.08. The minimum atomic E-state index is -0.747. The van der Waals surface area contributed by atoms with E-state index in [0.29, 0.717) is 43.2 Å². The average Bonchev–Trinajstić information content (AvgIpc) is 3.42. The Hall–Kier alpha value is -3.62. The highest BCUT2D eigenvalue weighted by Gasteiger charge is 2.45. The van der Waals surface area contributed by atoms with Crippen LogP contribution in [0.4, 0.5) is 0 Å². The third kappa shape index (κ3) is 4.06. The molecule has 8 nitrogen and oxygen atoms in total. The normalized spacial score (nSPS) is 19.3. The number of morpholine rings is 1. The van der Waals surface area contributed by atoms with Crippen LogP contribution >= 0.6 is 0 Å². The second-order valence-corrected chi connectivity index (χ2v) is 8.53. The number of nitrogens with one attached hydrogen (secondary N) is 1. The van der Waals surface area contributed by atoms with Crippen LogP contribution < -0.4 is 9.64 Å². The predicted octanol–water partition coefficient (Wildman–Crippen LogP) is 1.93. The Morgan fingerprint density at radius 3 is 2.71 bits per heavy atom. The summed E-state index contributed by atoms with van der Waals surface area (Å²) < 4.78 is 16.6. The van der Waals surface area contributed by atoms with Crippen LogP contribution in [0.3, 0.4) is 0 Å². The number of carbonyl (C=O) groups is 2. The van der Waals surface area contributed by atoms with E-state index in [1.807, 2.05) is 30.3 Å². The molecule has 1 atom stereocenters. The molecule has 0 radical (unpaired) electrons. The summed E-state index contributed by atoms with van der Waals surface area (Å²) in [4.78, 5) is 29.7. The van der Waals surface area contributed by atoms with Gasteiger partial charge in [0, 0.05) is 5.39 Å². The molecule has 2 aromatic carbocycles. The lowest BCUT2D eigenvalue weighted by molar-refractivity contribution is -0.907. The first-order chi connectivity index (χ1) is 16.6. The van der Waals surface area contributed by atoms with Crippen LogP contribution in [-0.4, -0.2) is 68.2 Å². The quantitative estimate of drug-likeness (QED) is 0.520. The van der Waals surface area contributed by atoms with Gasteiger partial charge in [0.2, 0.25) is 5.78 Å². The Labute approximate surface area is 197 Å². The first kappa shape index (κ1) is 22.2. The lowest BCUT2D eigenvalue weighted by Crippen LogP contribution is -3.14. The van der Waals surface area contributed by atoms with Gasteiger partial charge in [-0.3, -0.25) is 9.59 Å². The fraction of sp³-hybridized carbons (Fsp3) is 0.308.